The Hall–Kier alpha value is -2.48. The topological polar surface area (TPSA) is 85.2 Å². The molecule has 2 aromatic rings. The molecule has 0 radical (unpaired) electrons. The SMILES string of the molecule is COc1ccc(-n2ccnc2S[C@H](C)C(=O)NC(=O)NC2CCCCC2)cc1. The van der Waals surface area contributed by atoms with Crippen molar-refractivity contribution < 1.29 is 14.3 Å². The first-order valence-electron chi connectivity index (χ1n) is 9.52. The second-order valence-electron chi connectivity index (χ2n) is 6.84. The van der Waals surface area contributed by atoms with Gasteiger partial charge in [-0.3, -0.25) is 14.7 Å². The third-order valence-corrected chi connectivity index (χ3v) is 5.87. The third-order valence-electron chi connectivity index (χ3n) is 4.79. The van der Waals surface area contributed by atoms with E-state index in [-0.39, 0.29) is 11.9 Å². The van der Waals surface area contributed by atoms with Crippen LogP contribution in [0.15, 0.2) is 41.8 Å². The van der Waals surface area contributed by atoms with Crippen LogP contribution in [0.5, 0.6) is 5.75 Å². The molecule has 1 aromatic carbocycles. The molecule has 1 aromatic heterocycles. The quantitative estimate of drug-likeness (QED) is 0.722. The van der Waals surface area contributed by atoms with Crippen LogP contribution in [0.25, 0.3) is 5.69 Å². The van der Waals surface area contributed by atoms with E-state index in [1.165, 1.54) is 18.2 Å². The molecule has 0 aliphatic heterocycles. The van der Waals surface area contributed by atoms with Crippen LogP contribution in [-0.4, -0.2) is 39.9 Å². The number of thioether (sulfide) groups is 1. The van der Waals surface area contributed by atoms with Gasteiger partial charge in [-0.15, -0.1) is 0 Å². The minimum absolute atomic E-state index is 0.165. The zero-order valence-corrected chi connectivity index (χ0v) is 17.0. The van der Waals surface area contributed by atoms with Gasteiger partial charge in [-0.25, -0.2) is 9.78 Å². The van der Waals surface area contributed by atoms with Gasteiger partial charge in [0.15, 0.2) is 5.16 Å². The van der Waals surface area contributed by atoms with E-state index < -0.39 is 11.3 Å². The number of nitrogens with one attached hydrogen (secondary N) is 2. The smallest absolute Gasteiger partial charge is 0.321 e. The van der Waals surface area contributed by atoms with E-state index in [0.29, 0.717) is 5.16 Å². The maximum absolute atomic E-state index is 12.4. The molecule has 0 unspecified atom stereocenters. The Morgan fingerprint density at radius 3 is 2.61 bits per heavy atom. The first-order chi connectivity index (χ1) is 13.6. The number of methoxy groups -OCH3 is 1. The van der Waals surface area contributed by atoms with Gasteiger partial charge in [0.25, 0.3) is 0 Å². The van der Waals surface area contributed by atoms with Crippen molar-refractivity contribution in [3.8, 4) is 11.4 Å². The Kier molecular flexibility index (Phi) is 6.97. The Bertz CT molecular complexity index is 800. The van der Waals surface area contributed by atoms with E-state index in [4.69, 9.17) is 4.74 Å². The van der Waals surface area contributed by atoms with Crippen LogP contribution in [0.3, 0.4) is 0 Å². The fourth-order valence-corrected chi connectivity index (χ4v) is 4.09. The summed E-state index contributed by atoms with van der Waals surface area (Å²) in [5, 5.41) is 5.57. The predicted molar refractivity (Wildman–Crippen MR) is 109 cm³/mol. The molecule has 3 rings (SSSR count). The molecular formula is C20H26N4O3S. The Labute approximate surface area is 169 Å². The van der Waals surface area contributed by atoms with E-state index in [2.05, 4.69) is 15.6 Å². The van der Waals surface area contributed by atoms with Crippen LogP contribution in [0.1, 0.15) is 39.0 Å². The van der Waals surface area contributed by atoms with E-state index in [1.54, 1.807) is 20.2 Å². The van der Waals surface area contributed by atoms with Gasteiger partial charge in [0.1, 0.15) is 5.75 Å². The van der Waals surface area contributed by atoms with Crippen molar-refractivity contribution in [3.63, 3.8) is 0 Å². The fourth-order valence-electron chi connectivity index (χ4n) is 3.21. The molecule has 1 atom stereocenters. The number of hydrogen-bond donors (Lipinski definition) is 2. The van der Waals surface area contributed by atoms with Gasteiger partial charge in [0, 0.05) is 24.1 Å². The fraction of sp³-hybridized carbons (Fsp3) is 0.450. The van der Waals surface area contributed by atoms with Crippen molar-refractivity contribution in [3.05, 3.63) is 36.7 Å². The summed E-state index contributed by atoms with van der Waals surface area (Å²) in [6, 6.07) is 7.34. The molecule has 1 aliphatic carbocycles. The number of carbonyl (C=O) groups is 2. The average molecular weight is 403 g/mol. The summed E-state index contributed by atoms with van der Waals surface area (Å²) in [4.78, 5) is 28.8. The van der Waals surface area contributed by atoms with Gasteiger partial charge in [-0.05, 0) is 44.0 Å². The third kappa shape index (κ3) is 5.28. The summed E-state index contributed by atoms with van der Waals surface area (Å²) < 4.78 is 7.08. The van der Waals surface area contributed by atoms with Crippen molar-refractivity contribution in [2.24, 2.45) is 0 Å². The van der Waals surface area contributed by atoms with E-state index >= 15 is 0 Å². The monoisotopic (exact) mass is 402 g/mol. The first-order valence-corrected chi connectivity index (χ1v) is 10.4. The Balaban J connectivity index is 1.56. The van der Waals surface area contributed by atoms with Crippen molar-refractivity contribution in [1.82, 2.24) is 20.2 Å². The molecule has 7 nitrogen and oxygen atoms in total. The largest absolute Gasteiger partial charge is 0.497 e. The van der Waals surface area contributed by atoms with Crippen molar-refractivity contribution in [2.45, 2.75) is 55.5 Å². The van der Waals surface area contributed by atoms with Gasteiger partial charge in [0.2, 0.25) is 5.91 Å². The number of benzene rings is 1. The van der Waals surface area contributed by atoms with Gasteiger partial charge >= 0.3 is 6.03 Å². The van der Waals surface area contributed by atoms with Crippen LogP contribution < -0.4 is 15.4 Å². The number of ether oxygens (including phenoxy) is 1. The van der Waals surface area contributed by atoms with Gasteiger partial charge in [0.05, 0.1) is 12.4 Å². The van der Waals surface area contributed by atoms with Gasteiger partial charge in [-0.2, -0.15) is 0 Å². The highest BCUT2D eigenvalue weighted by Crippen LogP contribution is 2.25. The second kappa shape index (κ2) is 9.64. The lowest BCUT2D eigenvalue weighted by molar-refractivity contribution is -0.119. The van der Waals surface area contributed by atoms with Crippen LogP contribution in [0.2, 0.25) is 0 Å². The highest BCUT2D eigenvalue weighted by molar-refractivity contribution is 8.00. The minimum Gasteiger partial charge on any atom is -0.497 e. The molecule has 1 fully saturated rings. The molecule has 8 heteroatoms. The Morgan fingerprint density at radius 2 is 1.93 bits per heavy atom. The number of urea groups is 1. The van der Waals surface area contributed by atoms with E-state index in [9.17, 15) is 9.59 Å². The number of rotatable bonds is 6. The summed E-state index contributed by atoms with van der Waals surface area (Å²) in [6.45, 7) is 1.76. The minimum atomic E-state index is -0.462. The molecule has 3 amide bonds. The second-order valence-corrected chi connectivity index (χ2v) is 8.14. The lowest BCUT2D eigenvalue weighted by atomic mass is 9.96. The summed E-state index contributed by atoms with van der Waals surface area (Å²) in [7, 11) is 1.62. The summed E-state index contributed by atoms with van der Waals surface area (Å²) in [5.41, 5.74) is 0.920. The van der Waals surface area contributed by atoms with Crippen LogP contribution in [0.4, 0.5) is 4.79 Å². The summed E-state index contributed by atoms with van der Waals surface area (Å²) >= 11 is 1.31. The molecule has 0 bridgehead atoms. The Morgan fingerprint density at radius 1 is 1.21 bits per heavy atom. The lowest BCUT2D eigenvalue weighted by Gasteiger charge is -2.23. The maximum Gasteiger partial charge on any atom is 0.321 e. The number of nitrogens with zero attached hydrogens (tertiary/aromatic N) is 2. The number of imide groups is 1. The number of hydrogen-bond acceptors (Lipinski definition) is 5. The highest BCUT2D eigenvalue weighted by Gasteiger charge is 2.22. The van der Waals surface area contributed by atoms with Gasteiger partial charge in [-0.1, -0.05) is 31.0 Å². The van der Waals surface area contributed by atoms with Crippen molar-refractivity contribution in [1.29, 1.82) is 0 Å². The zero-order chi connectivity index (χ0) is 19.9. The summed E-state index contributed by atoms with van der Waals surface area (Å²) in [5.74, 6) is 0.442. The van der Waals surface area contributed by atoms with Crippen molar-refractivity contribution >= 4 is 23.7 Å². The lowest BCUT2D eigenvalue weighted by Crippen LogP contribution is -2.47. The van der Waals surface area contributed by atoms with Crippen LogP contribution in [-0.2, 0) is 4.79 Å². The van der Waals surface area contributed by atoms with Crippen LogP contribution in [0, 0.1) is 0 Å². The molecule has 2 N–H and O–H groups in total. The number of imidazole rings is 1. The normalized spacial score (nSPS) is 15.6. The van der Waals surface area contributed by atoms with E-state index in [0.717, 1.165) is 37.1 Å². The molecule has 1 heterocycles. The molecule has 0 saturated heterocycles. The van der Waals surface area contributed by atoms with Crippen molar-refractivity contribution in [2.75, 3.05) is 7.11 Å². The zero-order valence-electron chi connectivity index (χ0n) is 16.2. The number of carbonyl (C=O) groups excluding carboxylic acids is 2. The molecule has 1 saturated carbocycles. The molecule has 0 spiro atoms. The highest BCUT2D eigenvalue weighted by atomic mass is 32.2. The standard InChI is InChI=1S/C20H26N4O3S/c1-14(18(25)23-19(26)22-15-6-4-3-5-7-15)28-20-21-12-13-24(20)16-8-10-17(27-2)11-9-16/h8-15H,3-7H2,1-2H3,(H2,22,23,25,26)/t14-/m1/s1. The summed E-state index contributed by atoms with van der Waals surface area (Å²) in [6.07, 6.45) is 8.94. The molecule has 1 aliphatic rings. The van der Waals surface area contributed by atoms with Gasteiger partial charge < -0.3 is 10.1 Å². The maximum atomic E-state index is 12.4. The number of amides is 3. The first kappa shape index (κ1) is 20.3. The van der Waals surface area contributed by atoms with Crippen LogP contribution >= 0.6 is 11.8 Å². The predicted octanol–water partition coefficient (Wildman–Crippen LogP) is 3.52. The molecule has 28 heavy (non-hydrogen) atoms. The number of aromatic nitrogens is 2. The average Bonchev–Trinajstić information content (AvgIpc) is 3.16. The van der Waals surface area contributed by atoms with E-state index in [1.807, 2.05) is 35.0 Å². The molecular weight excluding hydrogens is 376 g/mol. The molecule has 150 valence electrons.